The Morgan fingerprint density at radius 2 is 1.42 bits per heavy atom. The predicted octanol–water partition coefficient (Wildman–Crippen LogP) is 3.17. The van der Waals surface area contributed by atoms with Gasteiger partial charge in [-0.3, -0.25) is 19.2 Å². The number of hydrogen-bond donors (Lipinski definition) is 0. The highest BCUT2D eigenvalue weighted by Crippen LogP contribution is 2.28. The molecule has 198 valence electrons. The molecule has 0 amide bonds. The van der Waals surface area contributed by atoms with Crippen LogP contribution < -0.4 is 0 Å². The lowest BCUT2D eigenvalue weighted by molar-refractivity contribution is -0.145. The minimum absolute atomic E-state index is 0.0390. The number of allylic oxidation sites excluding steroid dienone is 8. The molecule has 0 N–H and O–H groups in total. The van der Waals surface area contributed by atoms with E-state index in [4.69, 9.17) is 4.18 Å². The molecule has 2 aliphatic rings. The Morgan fingerprint density at radius 3 is 1.89 bits per heavy atom. The van der Waals surface area contributed by atoms with Crippen LogP contribution in [0.1, 0.15) is 65.2 Å². The first-order chi connectivity index (χ1) is 16.9. The number of carbonyl (C=O) groups is 4. The first kappa shape index (κ1) is 29.4. The second kappa shape index (κ2) is 12.9. The topological polar surface area (TPSA) is 155 Å². The quantitative estimate of drug-likeness (QED) is 0.317. The van der Waals surface area contributed by atoms with E-state index in [0.29, 0.717) is 12.8 Å². The van der Waals surface area contributed by atoms with Crippen LogP contribution in [0.25, 0.3) is 0 Å². The third-order valence-electron chi connectivity index (χ3n) is 5.76. The highest BCUT2D eigenvalue weighted by Gasteiger charge is 2.36. The van der Waals surface area contributed by atoms with Crippen molar-refractivity contribution < 1.29 is 44.4 Å². The molecule has 0 aliphatic heterocycles. The molecule has 0 saturated heterocycles. The van der Waals surface area contributed by atoms with Crippen molar-refractivity contribution in [3.8, 4) is 0 Å². The lowest BCUT2D eigenvalue weighted by atomic mass is 9.87. The fraction of sp³-hybridized carbons (Fsp3) is 0.500. The summed E-state index contributed by atoms with van der Waals surface area (Å²) in [4.78, 5) is 47.9. The van der Waals surface area contributed by atoms with Crippen molar-refractivity contribution in [3.05, 3.63) is 46.3 Å². The Labute approximate surface area is 211 Å². The average molecular weight is 543 g/mol. The van der Waals surface area contributed by atoms with E-state index < -0.39 is 65.9 Å². The first-order valence-corrected chi connectivity index (χ1v) is 14.5. The molecule has 0 bridgehead atoms. The summed E-state index contributed by atoms with van der Waals surface area (Å²) < 4.78 is 59.2. The number of carbonyl (C=O) groups excluding carboxylic acids is 4. The minimum atomic E-state index is -4.75. The number of unbranched alkanes of at least 4 members (excludes halogenated alkanes) is 1. The van der Waals surface area contributed by atoms with Crippen LogP contribution in [0.2, 0.25) is 0 Å². The van der Waals surface area contributed by atoms with Crippen LogP contribution in [-0.2, 0) is 47.8 Å². The van der Waals surface area contributed by atoms with Gasteiger partial charge in [0, 0.05) is 12.8 Å². The van der Waals surface area contributed by atoms with Gasteiger partial charge in [-0.25, -0.2) is 0 Å². The Balaban J connectivity index is 2.24. The molecule has 0 aromatic carbocycles. The van der Waals surface area contributed by atoms with Crippen LogP contribution in [-0.4, -0.2) is 40.3 Å². The lowest BCUT2D eigenvalue weighted by Gasteiger charge is -2.21. The van der Waals surface area contributed by atoms with Crippen molar-refractivity contribution in [1.29, 1.82) is 0 Å². The second-order valence-corrected chi connectivity index (χ2v) is 11.5. The zero-order chi connectivity index (χ0) is 26.9. The monoisotopic (exact) mass is 542 g/mol. The van der Waals surface area contributed by atoms with Crippen LogP contribution in [0.15, 0.2) is 46.3 Å². The van der Waals surface area contributed by atoms with Gasteiger partial charge in [0.2, 0.25) is 0 Å². The number of Topliss-reactive ketones (excluding diaryl/α,β-unsaturated/α-hetero) is 2. The lowest BCUT2D eigenvalue weighted by Crippen LogP contribution is -2.29. The van der Waals surface area contributed by atoms with Gasteiger partial charge in [0.05, 0.1) is 12.3 Å². The first-order valence-electron chi connectivity index (χ1n) is 11.7. The van der Waals surface area contributed by atoms with Crippen molar-refractivity contribution in [2.24, 2.45) is 11.8 Å². The second-order valence-electron chi connectivity index (χ2n) is 8.49. The molecular formula is C24H30O10S2. The Hall–Kier alpha value is -2.86. The Bertz CT molecular complexity index is 1220. The zero-order valence-electron chi connectivity index (χ0n) is 20.2. The van der Waals surface area contributed by atoms with E-state index in [9.17, 15) is 36.0 Å². The van der Waals surface area contributed by atoms with Crippen LogP contribution >= 0.6 is 0 Å². The summed E-state index contributed by atoms with van der Waals surface area (Å²) in [6.07, 6.45) is 9.52. The summed E-state index contributed by atoms with van der Waals surface area (Å²) in [7, 11) is -9.48. The number of rotatable bonds is 13. The van der Waals surface area contributed by atoms with E-state index in [1.807, 2.05) is 13.8 Å². The van der Waals surface area contributed by atoms with Gasteiger partial charge in [-0.15, -0.1) is 0 Å². The SMILES string of the molecule is CCCCC(CC)CC(CC(=O)OS(=O)(=O)C1=CC=CCC1=O)C(=O)OS(=O)(=O)C1=CC=CCC1=O. The smallest absolute Gasteiger partial charge is 0.342 e. The molecule has 0 fully saturated rings. The number of ketones is 2. The maximum atomic E-state index is 12.9. The highest BCUT2D eigenvalue weighted by molar-refractivity contribution is 7.92. The zero-order valence-corrected chi connectivity index (χ0v) is 21.8. The van der Waals surface area contributed by atoms with Crippen LogP contribution in [0.5, 0.6) is 0 Å². The van der Waals surface area contributed by atoms with Crippen molar-refractivity contribution in [2.75, 3.05) is 0 Å². The molecule has 0 saturated carbocycles. The Morgan fingerprint density at radius 1 is 0.889 bits per heavy atom. The molecule has 0 radical (unpaired) electrons. The van der Waals surface area contributed by atoms with Crippen molar-refractivity contribution >= 4 is 43.7 Å². The standard InChI is InChI=1S/C24H30O10S2/c1-3-5-10-17(4-2)15-18(24(28)34-36(31,32)22-14-9-7-12-20(22)26)16-23(27)33-35(29,30)21-13-8-6-11-19(21)25/h6-9,13-14,17-18H,3-5,10-12,15-16H2,1-2H3. The van der Waals surface area contributed by atoms with E-state index in [2.05, 4.69) is 4.18 Å². The summed E-state index contributed by atoms with van der Waals surface area (Å²) in [6, 6.07) is 0. The normalized spacial score (nSPS) is 17.7. The molecule has 2 rings (SSSR count). The van der Waals surface area contributed by atoms with Crippen molar-refractivity contribution in [3.63, 3.8) is 0 Å². The molecule has 36 heavy (non-hydrogen) atoms. The molecule has 0 aromatic heterocycles. The molecule has 12 heteroatoms. The fourth-order valence-corrected chi connectivity index (χ4v) is 5.82. The number of hydrogen-bond acceptors (Lipinski definition) is 10. The van der Waals surface area contributed by atoms with E-state index in [1.54, 1.807) is 0 Å². The maximum Gasteiger partial charge on any atom is 0.345 e. The van der Waals surface area contributed by atoms with Crippen LogP contribution in [0.4, 0.5) is 0 Å². The van der Waals surface area contributed by atoms with Gasteiger partial charge < -0.3 is 8.37 Å². The summed E-state index contributed by atoms with van der Waals surface area (Å²) >= 11 is 0. The van der Waals surface area contributed by atoms with Gasteiger partial charge in [0.1, 0.15) is 9.81 Å². The van der Waals surface area contributed by atoms with Gasteiger partial charge in [-0.05, 0) is 24.5 Å². The predicted molar refractivity (Wildman–Crippen MR) is 130 cm³/mol. The third-order valence-corrected chi connectivity index (χ3v) is 8.36. The average Bonchev–Trinajstić information content (AvgIpc) is 2.80. The molecule has 0 aromatic rings. The van der Waals surface area contributed by atoms with Gasteiger partial charge >= 0.3 is 32.2 Å². The van der Waals surface area contributed by atoms with E-state index in [-0.39, 0.29) is 25.2 Å². The van der Waals surface area contributed by atoms with E-state index >= 15 is 0 Å². The summed E-state index contributed by atoms with van der Waals surface area (Å²) in [6.45, 7) is 3.85. The minimum Gasteiger partial charge on any atom is -0.342 e. The maximum absolute atomic E-state index is 12.9. The van der Waals surface area contributed by atoms with Gasteiger partial charge in [-0.1, -0.05) is 63.8 Å². The molecule has 0 spiro atoms. The third kappa shape index (κ3) is 8.09. The molecule has 2 unspecified atom stereocenters. The molecule has 0 heterocycles. The van der Waals surface area contributed by atoms with Crippen LogP contribution in [0, 0.1) is 11.8 Å². The van der Waals surface area contributed by atoms with Gasteiger partial charge in [-0.2, -0.15) is 16.8 Å². The molecule has 2 aliphatic carbocycles. The molecular weight excluding hydrogens is 512 g/mol. The summed E-state index contributed by atoms with van der Waals surface area (Å²) in [5, 5.41) is 0. The van der Waals surface area contributed by atoms with Crippen molar-refractivity contribution in [2.45, 2.75) is 65.2 Å². The van der Waals surface area contributed by atoms with E-state index in [1.165, 1.54) is 24.3 Å². The highest BCUT2D eigenvalue weighted by atomic mass is 32.2. The Kier molecular flexibility index (Phi) is 10.5. The molecule has 2 atom stereocenters. The van der Waals surface area contributed by atoms with Crippen LogP contribution in [0.3, 0.4) is 0 Å². The van der Waals surface area contributed by atoms with Gasteiger partial charge in [0.25, 0.3) is 0 Å². The van der Waals surface area contributed by atoms with Crippen molar-refractivity contribution in [1.82, 2.24) is 0 Å². The van der Waals surface area contributed by atoms with E-state index in [0.717, 1.165) is 25.0 Å². The van der Waals surface area contributed by atoms with Gasteiger partial charge in [0.15, 0.2) is 11.6 Å². The summed E-state index contributed by atoms with van der Waals surface area (Å²) in [5.41, 5.74) is 0. The molecule has 10 nitrogen and oxygen atoms in total. The fourth-order valence-electron chi connectivity index (χ4n) is 3.76. The largest absolute Gasteiger partial charge is 0.345 e. The summed E-state index contributed by atoms with van der Waals surface area (Å²) in [5.74, 6) is -5.56.